The molecule has 0 spiro atoms. The predicted molar refractivity (Wildman–Crippen MR) is 87.0 cm³/mol. The summed E-state index contributed by atoms with van der Waals surface area (Å²) in [5, 5.41) is 0. The first-order valence-corrected chi connectivity index (χ1v) is 8.66. The van der Waals surface area contributed by atoms with Crippen molar-refractivity contribution in [1.29, 1.82) is 0 Å². The molecule has 1 aliphatic heterocycles. The van der Waals surface area contributed by atoms with Crippen LogP contribution >= 0.6 is 15.9 Å². The van der Waals surface area contributed by atoms with Gasteiger partial charge in [0.1, 0.15) is 5.75 Å². The molecular weight excluding hydrogens is 348 g/mol. The number of aromatic nitrogens is 1. The van der Waals surface area contributed by atoms with Gasteiger partial charge in [0.25, 0.3) is 5.56 Å². The van der Waals surface area contributed by atoms with Crippen molar-refractivity contribution in [2.24, 2.45) is 7.05 Å². The van der Waals surface area contributed by atoms with Gasteiger partial charge in [-0.2, -0.15) is 0 Å². The third-order valence-electron chi connectivity index (χ3n) is 4.63. The van der Waals surface area contributed by atoms with Crippen molar-refractivity contribution in [1.82, 2.24) is 9.47 Å². The van der Waals surface area contributed by atoms with Gasteiger partial charge in [-0.1, -0.05) is 0 Å². The summed E-state index contributed by atoms with van der Waals surface area (Å²) in [6.07, 6.45) is 7.37. The Labute approximate surface area is 138 Å². The smallest absolute Gasteiger partial charge is 0.254 e. The zero-order chi connectivity index (χ0) is 15.7. The molecule has 0 atom stereocenters. The predicted octanol–water partition coefficient (Wildman–Crippen LogP) is 2.46. The normalized spacial score (nSPS) is 25.5. The fraction of sp³-hybridized carbons (Fsp3) is 0.625. The van der Waals surface area contributed by atoms with Crippen LogP contribution in [0.3, 0.4) is 0 Å². The van der Waals surface area contributed by atoms with Crippen molar-refractivity contribution in [3.63, 3.8) is 0 Å². The number of likely N-dealkylation sites (tertiary alicyclic amines) is 1. The summed E-state index contributed by atoms with van der Waals surface area (Å²) < 4.78 is 8.31. The Balaban J connectivity index is 1.59. The first kappa shape index (κ1) is 15.6. The van der Waals surface area contributed by atoms with Crippen LogP contribution in [0.1, 0.15) is 38.5 Å². The average molecular weight is 369 g/mol. The molecule has 2 aliphatic rings. The molecule has 3 rings (SSSR count). The number of carbonyl (C=O) groups excluding carboxylic acids is 1. The van der Waals surface area contributed by atoms with Crippen LogP contribution in [-0.4, -0.2) is 34.1 Å². The Hall–Kier alpha value is -1.30. The fourth-order valence-corrected chi connectivity index (χ4v) is 3.89. The van der Waals surface area contributed by atoms with E-state index in [0.717, 1.165) is 43.1 Å². The molecule has 1 aromatic rings. The lowest BCUT2D eigenvalue weighted by atomic mass is 9.92. The van der Waals surface area contributed by atoms with E-state index in [9.17, 15) is 9.59 Å². The Bertz CT molecular complexity index is 620. The average Bonchev–Trinajstić information content (AvgIpc) is 2.92. The number of nitrogens with zero attached hydrogens (tertiary/aromatic N) is 2. The maximum absolute atomic E-state index is 11.8. The van der Waals surface area contributed by atoms with E-state index in [0.29, 0.717) is 24.1 Å². The minimum absolute atomic E-state index is 0.0745. The topological polar surface area (TPSA) is 51.5 Å². The maximum atomic E-state index is 11.8. The molecule has 0 bridgehead atoms. The minimum Gasteiger partial charge on any atom is -0.489 e. The van der Waals surface area contributed by atoms with Gasteiger partial charge >= 0.3 is 0 Å². The quantitative estimate of drug-likeness (QED) is 0.823. The van der Waals surface area contributed by atoms with E-state index in [1.807, 2.05) is 4.90 Å². The van der Waals surface area contributed by atoms with E-state index in [1.165, 1.54) is 10.6 Å². The molecule has 1 aromatic heterocycles. The van der Waals surface area contributed by atoms with Gasteiger partial charge < -0.3 is 14.2 Å². The molecule has 0 radical (unpaired) electrons. The van der Waals surface area contributed by atoms with E-state index in [2.05, 4.69) is 15.9 Å². The fourth-order valence-electron chi connectivity index (χ4n) is 3.38. The number of hydrogen-bond acceptors (Lipinski definition) is 3. The number of ether oxygens (including phenoxy) is 1. The molecule has 6 heteroatoms. The molecule has 1 saturated carbocycles. The number of halogens is 1. The van der Waals surface area contributed by atoms with Crippen LogP contribution in [0.5, 0.6) is 5.75 Å². The Morgan fingerprint density at radius 3 is 2.59 bits per heavy atom. The summed E-state index contributed by atoms with van der Waals surface area (Å²) in [5.74, 6) is 0.919. The van der Waals surface area contributed by atoms with Crippen molar-refractivity contribution in [3.05, 3.63) is 27.1 Å². The Kier molecular flexibility index (Phi) is 4.57. The molecule has 2 fully saturated rings. The van der Waals surface area contributed by atoms with Crippen LogP contribution in [0.4, 0.5) is 0 Å². The van der Waals surface area contributed by atoms with E-state index in [4.69, 9.17) is 4.74 Å². The molecule has 0 N–H and O–H groups in total. The Morgan fingerprint density at radius 1 is 1.23 bits per heavy atom. The number of pyridine rings is 1. The first-order chi connectivity index (χ1) is 10.5. The van der Waals surface area contributed by atoms with Crippen molar-refractivity contribution in [2.75, 3.05) is 6.54 Å². The van der Waals surface area contributed by atoms with Gasteiger partial charge in [-0.3, -0.25) is 9.59 Å². The highest BCUT2D eigenvalue weighted by Crippen LogP contribution is 2.31. The molecule has 5 nitrogen and oxygen atoms in total. The van der Waals surface area contributed by atoms with E-state index in [1.54, 1.807) is 13.2 Å². The third-order valence-corrected chi connectivity index (χ3v) is 5.23. The lowest BCUT2D eigenvalue weighted by Crippen LogP contribution is -2.40. The highest BCUT2D eigenvalue weighted by Gasteiger charge is 2.32. The lowest BCUT2D eigenvalue weighted by molar-refractivity contribution is -0.130. The van der Waals surface area contributed by atoms with Crippen LogP contribution in [-0.2, 0) is 11.8 Å². The molecule has 0 aromatic carbocycles. The number of hydrogen-bond donors (Lipinski definition) is 0. The second-order valence-electron chi connectivity index (χ2n) is 6.17. The molecule has 120 valence electrons. The van der Waals surface area contributed by atoms with Gasteiger partial charge in [0.05, 0.1) is 10.6 Å². The molecule has 1 aliphatic carbocycles. The SMILES string of the molecule is Cn1cc(Br)c(OC2CCC(N3CCCC3=O)CC2)cc1=O. The van der Waals surface area contributed by atoms with Crippen molar-refractivity contribution in [3.8, 4) is 5.75 Å². The van der Waals surface area contributed by atoms with Crippen LogP contribution in [0.2, 0.25) is 0 Å². The van der Waals surface area contributed by atoms with Crippen molar-refractivity contribution in [2.45, 2.75) is 50.7 Å². The van der Waals surface area contributed by atoms with Gasteiger partial charge in [-0.15, -0.1) is 0 Å². The molecule has 1 saturated heterocycles. The van der Waals surface area contributed by atoms with Crippen LogP contribution in [0.15, 0.2) is 21.5 Å². The number of rotatable bonds is 3. The van der Waals surface area contributed by atoms with Crippen molar-refractivity contribution >= 4 is 21.8 Å². The second-order valence-corrected chi connectivity index (χ2v) is 7.03. The summed E-state index contributed by atoms with van der Waals surface area (Å²) >= 11 is 3.44. The van der Waals surface area contributed by atoms with E-state index in [-0.39, 0.29) is 11.7 Å². The summed E-state index contributed by atoms with van der Waals surface area (Å²) in [6, 6.07) is 1.90. The molecular formula is C16H21BrN2O3. The number of amides is 1. The molecule has 0 unspecified atom stereocenters. The highest BCUT2D eigenvalue weighted by atomic mass is 79.9. The monoisotopic (exact) mass is 368 g/mol. The van der Waals surface area contributed by atoms with Gasteiger partial charge in [0.15, 0.2) is 0 Å². The molecule has 2 heterocycles. The summed E-state index contributed by atoms with van der Waals surface area (Å²) in [7, 11) is 1.72. The third kappa shape index (κ3) is 3.21. The highest BCUT2D eigenvalue weighted by molar-refractivity contribution is 9.10. The first-order valence-electron chi connectivity index (χ1n) is 7.87. The van der Waals surface area contributed by atoms with Crippen LogP contribution < -0.4 is 10.3 Å². The summed E-state index contributed by atoms with van der Waals surface area (Å²) in [4.78, 5) is 25.6. The van der Waals surface area contributed by atoms with Crippen molar-refractivity contribution < 1.29 is 9.53 Å². The Morgan fingerprint density at radius 2 is 1.95 bits per heavy atom. The zero-order valence-electron chi connectivity index (χ0n) is 12.8. The van der Waals surface area contributed by atoms with Gasteiger partial charge in [0, 0.05) is 38.3 Å². The standard InChI is InChI=1S/C16H21BrN2O3/c1-18-10-13(17)14(9-16(18)21)22-12-6-4-11(5-7-12)19-8-2-3-15(19)20/h9-12H,2-8H2,1H3. The summed E-state index contributed by atoms with van der Waals surface area (Å²) in [6.45, 7) is 0.912. The second kappa shape index (κ2) is 6.44. The lowest BCUT2D eigenvalue weighted by Gasteiger charge is -2.34. The maximum Gasteiger partial charge on any atom is 0.254 e. The van der Waals surface area contributed by atoms with E-state index < -0.39 is 0 Å². The van der Waals surface area contributed by atoms with Gasteiger partial charge in [0.2, 0.25) is 5.91 Å². The minimum atomic E-state index is -0.0745. The number of carbonyl (C=O) groups is 1. The van der Waals surface area contributed by atoms with Gasteiger partial charge in [-0.25, -0.2) is 0 Å². The molecule has 22 heavy (non-hydrogen) atoms. The molecule has 1 amide bonds. The summed E-state index contributed by atoms with van der Waals surface area (Å²) in [5.41, 5.74) is -0.0745. The number of aryl methyl sites for hydroxylation is 1. The van der Waals surface area contributed by atoms with E-state index >= 15 is 0 Å². The van der Waals surface area contributed by atoms with Crippen LogP contribution in [0, 0.1) is 0 Å². The zero-order valence-corrected chi connectivity index (χ0v) is 14.3. The largest absolute Gasteiger partial charge is 0.489 e. The van der Waals surface area contributed by atoms with Gasteiger partial charge in [-0.05, 0) is 48.0 Å². The van der Waals surface area contributed by atoms with Crippen LogP contribution in [0.25, 0.3) is 0 Å².